The number of nitrogens with zero attached hydrogens (tertiary/aromatic N) is 2. The number of benzene rings is 1. The van der Waals surface area contributed by atoms with Crippen molar-refractivity contribution in [2.45, 2.75) is 40.2 Å². The number of nitrogens with one attached hydrogen (secondary N) is 1. The van der Waals surface area contributed by atoms with Crippen molar-refractivity contribution in [2.24, 2.45) is 10.9 Å². The van der Waals surface area contributed by atoms with Crippen molar-refractivity contribution in [1.29, 1.82) is 0 Å². The van der Waals surface area contributed by atoms with Crippen LogP contribution in [0.1, 0.15) is 37.8 Å². The highest BCUT2D eigenvalue weighted by molar-refractivity contribution is 14.0. The number of ether oxygens (including phenoxy) is 2. The summed E-state index contributed by atoms with van der Waals surface area (Å²) in [4.78, 5) is 18.9. The number of hydrogen-bond acceptors (Lipinski definition) is 4. The van der Waals surface area contributed by atoms with E-state index in [9.17, 15) is 4.79 Å². The van der Waals surface area contributed by atoms with Gasteiger partial charge in [0, 0.05) is 19.6 Å². The lowest BCUT2D eigenvalue weighted by Gasteiger charge is -2.33. The fraction of sp³-hybridized carbons (Fsp3) is 0.600. The van der Waals surface area contributed by atoms with Gasteiger partial charge >= 0.3 is 5.97 Å². The van der Waals surface area contributed by atoms with E-state index in [2.05, 4.69) is 29.3 Å². The molecule has 1 aliphatic heterocycles. The quantitative estimate of drug-likeness (QED) is 0.288. The molecule has 0 radical (unpaired) electrons. The molecule has 0 saturated carbocycles. The zero-order chi connectivity index (χ0) is 18.9. The van der Waals surface area contributed by atoms with Crippen molar-refractivity contribution in [3.63, 3.8) is 0 Å². The molecule has 27 heavy (non-hydrogen) atoms. The first-order valence-electron chi connectivity index (χ1n) is 9.42. The Kier molecular flexibility index (Phi) is 10.5. The van der Waals surface area contributed by atoms with Crippen molar-refractivity contribution in [1.82, 2.24) is 10.2 Å². The highest BCUT2D eigenvalue weighted by Gasteiger charge is 2.27. The van der Waals surface area contributed by atoms with Crippen LogP contribution >= 0.6 is 24.0 Å². The fourth-order valence-electron chi connectivity index (χ4n) is 3.14. The van der Waals surface area contributed by atoms with E-state index in [4.69, 9.17) is 14.5 Å². The van der Waals surface area contributed by atoms with Gasteiger partial charge in [0.15, 0.2) is 5.96 Å². The molecule has 152 valence electrons. The zero-order valence-corrected chi connectivity index (χ0v) is 19.1. The first-order chi connectivity index (χ1) is 12.6. The number of likely N-dealkylation sites (tertiary alicyclic amines) is 1. The van der Waals surface area contributed by atoms with Gasteiger partial charge in [-0.05, 0) is 50.8 Å². The Hall–Kier alpha value is -1.51. The Labute approximate surface area is 179 Å². The molecule has 0 spiro atoms. The molecule has 1 fully saturated rings. The number of methoxy groups -OCH3 is 1. The number of aliphatic imine (C=N–C) groups is 1. The summed E-state index contributed by atoms with van der Waals surface area (Å²) in [5.41, 5.74) is 2.23. The van der Waals surface area contributed by atoms with Gasteiger partial charge in [0.25, 0.3) is 0 Å². The zero-order valence-electron chi connectivity index (χ0n) is 16.8. The molecule has 0 aliphatic carbocycles. The van der Waals surface area contributed by atoms with Crippen LogP contribution in [0.25, 0.3) is 0 Å². The van der Waals surface area contributed by atoms with Gasteiger partial charge in [-0.3, -0.25) is 4.79 Å². The predicted molar refractivity (Wildman–Crippen MR) is 119 cm³/mol. The molecule has 0 amide bonds. The minimum Gasteiger partial charge on any atom is -0.496 e. The minimum absolute atomic E-state index is 0. The molecule has 1 aliphatic rings. The van der Waals surface area contributed by atoms with Gasteiger partial charge in [-0.1, -0.05) is 12.1 Å². The number of guanidine groups is 1. The Morgan fingerprint density at radius 1 is 1.30 bits per heavy atom. The van der Waals surface area contributed by atoms with Crippen molar-refractivity contribution >= 4 is 35.9 Å². The molecule has 0 bridgehead atoms. The van der Waals surface area contributed by atoms with E-state index in [-0.39, 0.29) is 35.9 Å². The largest absolute Gasteiger partial charge is 0.496 e. The predicted octanol–water partition coefficient (Wildman–Crippen LogP) is 3.36. The van der Waals surface area contributed by atoms with E-state index in [0.717, 1.165) is 55.3 Å². The van der Waals surface area contributed by atoms with Crippen LogP contribution in [0.3, 0.4) is 0 Å². The summed E-state index contributed by atoms with van der Waals surface area (Å²) in [6, 6.07) is 6.18. The third kappa shape index (κ3) is 6.86. The molecular weight excluding hydrogens is 457 g/mol. The number of carbonyl (C=O) groups is 1. The molecule has 0 aromatic heterocycles. The second-order valence-electron chi connectivity index (χ2n) is 6.49. The van der Waals surface area contributed by atoms with Crippen molar-refractivity contribution in [3.05, 3.63) is 29.3 Å². The number of halogens is 1. The number of esters is 1. The summed E-state index contributed by atoms with van der Waals surface area (Å²) in [6.07, 6.45) is 1.61. The van der Waals surface area contributed by atoms with Crippen LogP contribution in [0.5, 0.6) is 5.75 Å². The van der Waals surface area contributed by atoms with Crippen molar-refractivity contribution < 1.29 is 14.3 Å². The Morgan fingerprint density at radius 2 is 2.00 bits per heavy atom. The summed E-state index contributed by atoms with van der Waals surface area (Å²) >= 11 is 0. The first kappa shape index (κ1) is 23.5. The monoisotopic (exact) mass is 489 g/mol. The molecule has 6 nitrogen and oxygen atoms in total. The number of piperidine rings is 1. The second kappa shape index (κ2) is 12.0. The lowest BCUT2D eigenvalue weighted by molar-refractivity contribution is -0.149. The molecule has 2 rings (SSSR count). The van der Waals surface area contributed by atoms with Crippen LogP contribution in [0, 0.1) is 12.8 Å². The number of rotatable bonds is 6. The molecule has 0 atom stereocenters. The fourth-order valence-corrected chi connectivity index (χ4v) is 3.14. The van der Waals surface area contributed by atoms with Crippen LogP contribution < -0.4 is 10.1 Å². The topological polar surface area (TPSA) is 63.2 Å². The summed E-state index contributed by atoms with van der Waals surface area (Å²) in [6.45, 7) is 9.43. The van der Waals surface area contributed by atoms with Crippen LogP contribution in [0.15, 0.2) is 23.2 Å². The lowest BCUT2D eigenvalue weighted by atomic mass is 9.97. The maximum Gasteiger partial charge on any atom is 0.309 e. The number of carbonyl (C=O) groups excluding carboxylic acids is 1. The second-order valence-corrected chi connectivity index (χ2v) is 6.49. The Balaban J connectivity index is 0.00000364. The van der Waals surface area contributed by atoms with Crippen LogP contribution in [0.4, 0.5) is 0 Å². The van der Waals surface area contributed by atoms with Gasteiger partial charge < -0.3 is 19.7 Å². The van der Waals surface area contributed by atoms with Gasteiger partial charge in [-0.2, -0.15) is 0 Å². The van der Waals surface area contributed by atoms with Gasteiger partial charge in [0.1, 0.15) is 5.75 Å². The van der Waals surface area contributed by atoms with Gasteiger partial charge in [0.2, 0.25) is 0 Å². The highest BCUT2D eigenvalue weighted by atomic mass is 127. The standard InChI is InChI=1S/C20H31N3O3.HI/c1-5-21-20(22-14-16-8-7-15(3)18(13-16)25-4)23-11-9-17(10-12-23)19(24)26-6-2;/h7-8,13,17H,5-6,9-12,14H2,1-4H3,(H,21,22);1H. The number of hydrogen-bond donors (Lipinski definition) is 1. The molecule has 1 N–H and O–H groups in total. The Bertz CT molecular complexity index is 629. The van der Waals surface area contributed by atoms with Gasteiger partial charge in [0.05, 0.1) is 26.2 Å². The third-order valence-electron chi connectivity index (χ3n) is 4.63. The molecular formula is C20H32IN3O3. The Morgan fingerprint density at radius 3 is 2.59 bits per heavy atom. The molecule has 1 saturated heterocycles. The average Bonchev–Trinajstić information content (AvgIpc) is 2.66. The van der Waals surface area contributed by atoms with E-state index >= 15 is 0 Å². The highest BCUT2D eigenvalue weighted by Crippen LogP contribution is 2.21. The summed E-state index contributed by atoms with van der Waals surface area (Å²) in [5, 5.41) is 3.36. The van der Waals surface area contributed by atoms with Crippen molar-refractivity contribution in [3.8, 4) is 5.75 Å². The van der Waals surface area contributed by atoms with Crippen LogP contribution in [0.2, 0.25) is 0 Å². The SMILES string of the molecule is CCNC(=NCc1ccc(C)c(OC)c1)N1CCC(C(=O)OCC)CC1.I. The molecule has 1 aromatic carbocycles. The van der Waals surface area contributed by atoms with E-state index in [0.29, 0.717) is 13.2 Å². The van der Waals surface area contributed by atoms with Gasteiger partial charge in [-0.15, -0.1) is 24.0 Å². The minimum atomic E-state index is -0.0687. The van der Waals surface area contributed by atoms with E-state index in [1.165, 1.54) is 0 Å². The average molecular weight is 489 g/mol. The summed E-state index contributed by atoms with van der Waals surface area (Å²) in [7, 11) is 1.69. The molecule has 1 heterocycles. The normalized spacial score (nSPS) is 15.1. The smallest absolute Gasteiger partial charge is 0.309 e. The summed E-state index contributed by atoms with van der Waals surface area (Å²) in [5.74, 6) is 1.73. The van der Waals surface area contributed by atoms with Crippen LogP contribution in [-0.2, 0) is 16.1 Å². The molecule has 1 aromatic rings. The van der Waals surface area contributed by atoms with E-state index < -0.39 is 0 Å². The maximum atomic E-state index is 11.9. The van der Waals surface area contributed by atoms with E-state index in [1.54, 1.807) is 7.11 Å². The molecule has 7 heteroatoms. The first-order valence-corrected chi connectivity index (χ1v) is 9.42. The van der Waals surface area contributed by atoms with Crippen LogP contribution in [-0.4, -0.2) is 50.2 Å². The third-order valence-corrected chi connectivity index (χ3v) is 4.63. The van der Waals surface area contributed by atoms with E-state index in [1.807, 2.05) is 19.9 Å². The van der Waals surface area contributed by atoms with Gasteiger partial charge in [-0.25, -0.2) is 4.99 Å². The maximum absolute atomic E-state index is 11.9. The number of aryl methyl sites for hydroxylation is 1. The summed E-state index contributed by atoms with van der Waals surface area (Å²) < 4.78 is 10.5. The lowest BCUT2D eigenvalue weighted by Crippen LogP contribution is -2.46. The molecule has 0 unspecified atom stereocenters. The van der Waals surface area contributed by atoms with Crippen molar-refractivity contribution in [2.75, 3.05) is 33.4 Å².